The minimum atomic E-state index is -0.756. The summed E-state index contributed by atoms with van der Waals surface area (Å²) in [7, 11) is 0. The van der Waals surface area contributed by atoms with Gasteiger partial charge < -0.3 is 10.1 Å². The maximum atomic E-state index is 13.4. The molecule has 0 spiro atoms. The Bertz CT molecular complexity index is 1190. The SMILES string of the molecule is CC[C@@H]1COC2=C(C(=O)Nc3ccc([N+](=O)[O-])cc3)[C@@H](C)N(c3ccc([N+](=O)[O-])cc3)C(=O)N21. The van der Waals surface area contributed by atoms with Gasteiger partial charge in [-0.15, -0.1) is 0 Å². The van der Waals surface area contributed by atoms with E-state index in [0.717, 1.165) is 0 Å². The summed E-state index contributed by atoms with van der Waals surface area (Å²) in [5, 5.41) is 24.6. The first-order valence-electron chi connectivity index (χ1n) is 10.5. The van der Waals surface area contributed by atoms with Crippen LogP contribution in [0.25, 0.3) is 0 Å². The molecule has 12 heteroatoms. The molecule has 176 valence electrons. The van der Waals surface area contributed by atoms with Gasteiger partial charge >= 0.3 is 6.03 Å². The topological polar surface area (TPSA) is 148 Å². The van der Waals surface area contributed by atoms with E-state index in [4.69, 9.17) is 4.74 Å². The van der Waals surface area contributed by atoms with Gasteiger partial charge in [0.25, 0.3) is 17.3 Å². The number of hydrogen-bond acceptors (Lipinski definition) is 7. The summed E-state index contributed by atoms with van der Waals surface area (Å²) in [6, 6.07) is 9.45. The molecule has 0 radical (unpaired) electrons. The second-order valence-electron chi connectivity index (χ2n) is 7.82. The van der Waals surface area contributed by atoms with Crippen LogP contribution in [0, 0.1) is 20.2 Å². The summed E-state index contributed by atoms with van der Waals surface area (Å²) in [6.07, 6.45) is 0.592. The molecule has 1 fully saturated rings. The fraction of sp³-hybridized carbons (Fsp3) is 0.273. The van der Waals surface area contributed by atoms with Crippen molar-refractivity contribution in [3.05, 3.63) is 80.2 Å². The highest BCUT2D eigenvalue weighted by atomic mass is 16.6. The first-order valence-corrected chi connectivity index (χ1v) is 10.5. The summed E-state index contributed by atoms with van der Waals surface area (Å²) in [4.78, 5) is 50.4. The summed E-state index contributed by atoms with van der Waals surface area (Å²) in [5.74, 6) is -0.362. The molecule has 0 unspecified atom stereocenters. The minimum Gasteiger partial charge on any atom is -0.476 e. The lowest BCUT2D eigenvalue weighted by atomic mass is 10.0. The van der Waals surface area contributed by atoms with Crippen LogP contribution in [-0.4, -0.2) is 45.4 Å². The van der Waals surface area contributed by atoms with Crippen molar-refractivity contribution in [2.45, 2.75) is 32.4 Å². The number of nitrogens with one attached hydrogen (secondary N) is 1. The maximum absolute atomic E-state index is 13.4. The number of hydrogen-bond donors (Lipinski definition) is 1. The van der Waals surface area contributed by atoms with Crippen LogP contribution in [0.3, 0.4) is 0 Å². The van der Waals surface area contributed by atoms with Gasteiger partial charge in [-0.05, 0) is 37.6 Å². The Morgan fingerprint density at radius 1 is 1.03 bits per heavy atom. The molecular weight excluding hydrogens is 446 g/mol. The molecule has 2 heterocycles. The molecule has 2 aliphatic heterocycles. The lowest BCUT2D eigenvalue weighted by molar-refractivity contribution is -0.385. The van der Waals surface area contributed by atoms with Crippen molar-refractivity contribution < 1.29 is 24.2 Å². The number of ether oxygens (including phenoxy) is 1. The number of rotatable bonds is 6. The Morgan fingerprint density at radius 2 is 1.59 bits per heavy atom. The van der Waals surface area contributed by atoms with E-state index in [1.165, 1.54) is 58.3 Å². The van der Waals surface area contributed by atoms with Crippen LogP contribution in [0.5, 0.6) is 0 Å². The second-order valence-corrected chi connectivity index (χ2v) is 7.82. The van der Waals surface area contributed by atoms with E-state index < -0.39 is 27.8 Å². The number of amides is 3. The van der Waals surface area contributed by atoms with Gasteiger partial charge in [0, 0.05) is 35.6 Å². The van der Waals surface area contributed by atoms with Crippen LogP contribution in [0.1, 0.15) is 20.3 Å². The fourth-order valence-electron chi connectivity index (χ4n) is 4.05. The molecule has 3 amide bonds. The first-order chi connectivity index (χ1) is 16.2. The predicted molar refractivity (Wildman–Crippen MR) is 121 cm³/mol. The van der Waals surface area contributed by atoms with Crippen molar-refractivity contribution in [2.24, 2.45) is 0 Å². The lowest BCUT2D eigenvalue weighted by Crippen LogP contribution is -2.55. The highest BCUT2D eigenvalue weighted by Gasteiger charge is 2.47. The number of carbonyl (C=O) groups excluding carboxylic acids is 2. The number of nitro groups is 2. The number of non-ortho nitro benzene ring substituents is 2. The molecule has 2 atom stereocenters. The lowest BCUT2D eigenvalue weighted by Gasteiger charge is -2.39. The van der Waals surface area contributed by atoms with E-state index in [-0.39, 0.29) is 35.5 Å². The zero-order valence-corrected chi connectivity index (χ0v) is 18.3. The van der Waals surface area contributed by atoms with Crippen LogP contribution in [0.2, 0.25) is 0 Å². The predicted octanol–water partition coefficient (Wildman–Crippen LogP) is 3.79. The molecule has 0 aromatic heterocycles. The summed E-state index contributed by atoms with van der Waals surface area (Å²) in [5.41, 5.74) is 0.698. The second kappa shape index (κ2) is 8.81. The molecule has 0 aliphatic carbocycles. The molecule has 2 aromatic carbocycles. The van der Waals surface area contributed by atoms with Crippen LogP contribution < -0.4 is 10.2 Å². The van der Waals surface area contributed by atoms with Gasteiger partial charge in [0.15, 0.2) is 0 Å². The van der Waals surface area contributed by atoms with Gasteiger partial charge in [-0.2, -0.15) is 0 Å². The maximum Gasteiger partial charge on any atom is 0.332 e. The van der Waals surface area contributed by atoms with Gasteiger partial charge in [0.2, 0.25) is 5.88 Å². The first kappa shape index (κ1) is 22.7. The van der Waals surface area contributed by atoms with E-state index in [2.05, 4.69) is 5.32 Å². The van der Waals surface area contributed by atoms with Crippen molar-refractivity contribution >= 4 is 34.7 Å². The number of benzene rings is 2. The molecule has 34 heavy (non-hydrogen) atoms. The Kier molecular flexibility index (Phi) is 5.88. The number of fused-ring (bicyclic) bond motifs is 1. The summed E-state index contributed by atoms with van der Waals surface area (Å²) < 4.78 is 5.78. The average molecular weight is 467 g/mol. The quantitative estimate of drug-likeness (QED) is 0.502. The number of carbonyl (C=O) groups is 2. The molecule has 1 saturated heterocycles. The van der Waals surface area contributed by atoms with Gasteiger partial charge in [0.1, 0.15) is 12.2 Å². The third-order valence-electron chi connectivity index (χ3n) is 5.83. The van der Waals surface area contributed by atoms with E-state index >= 15 is 0 Å². The molecule has 2 aromatic rings. The monoisotopic (exact) mass is 467 g/mol. The van der Waals surface area contributed by atoms with E-state index in [1.54, 1.807) is 6.92 Å². The zero-order valence-electron chi connectivity index (χ0n) is 18.3. The Balaban J connectivity index is 1.71. The molecular formula is C22H21N5O7. The van der Waals surface area contributed by atoms with Crippen molar-refractivity contribution in [1.29, 1.82) is 0 Å². The molecule has 0 bridgehead atoms. The van der Waals surface area contributed by atoms with Crippen LogP contribution in [0.15, 0.2) is 60.0 Å². The highest BCUT2D eigenvalue weighted by molar-refractivity contribution is 6.09. The van der Waals surface area contributed by atoms with Crippen molar-refractivity contribution in [3.63, 3.8) is 0 Å². The summed E-state index contributed by atoms with van der Waals surface area (Å²) in [6.45, 7) is 3.79. The number of nitro benzene ring substituents is 2. The van der Waals surface area contributed by atoms with Gasteiger partial charge in [-0.3, -0.25) is 34.8 Å². The number of nitrogens with zero attached hydrogens (tertiary/aromatic N) is 4. The van der Waals surface area contributed by atoms with E-state index in [9.17, 15) is 29.8 Å². The molecule has 2 aliphatic rings. The van der Waals surface area contributed by atoms with Gasteiger partial charge in [-0.25, -0.2) is 4.79 Å². The Hall–Kier alpha value is -4.48. The van der Waals surface area contributed by atoms with Gasteiger partial charge in [-0.1, -0.05) is 6.92 Å². The molecule has 12 nitrogen and oxygen atoms in total. The Labute approximate surface area is 193 Å². The van der Waals surface area contributed by atoms with Crippen molar-refractivity contribution in [1.82, 2.24) is 4.90 Å². The molecule has 4 rings (SSSR count). The zero-order chi connectivity index (χ0) is 24.6. The third kappa shape index (κ3) is 3.89. The largest absolute Gasteiger partial charge is 0.476 e. The normalized spacial score (nSPS) is 19.5. The number of urea groups is 1. The molecule has 1 N–H and O–H groups in total. The van der Waals surface area contributed by atoms with Gasteiger partial charge in [0.05, 0.1) is 21.9 Å². The number of anilines is 2. The minimum absolute atomic E-state index is 0.114. The standard InChI is InChI=1S/C22H21N5O7/c1-3-15-12-34-21-19(20(28)23-14-4-6-17(7-5-14)26(30)31)13(2)24(22(29)25(15)21)16-8-10-18(11-9-16)27(32)33/h4-11,13,15H,3,12H2,1-2H3,(H,23,28)/t13-,15-/m1/s1. The Morgan fingerprint density at radius 3 is 2.12 bits per heavy atom. The van der Waals surface area contributed by atoms with Crippen molar-refractivity contribution in [2.75, 3.05) is 16.8 Å². The highest BCUT2D eigenvalue weighted by Crippen LogP contribution is 2.37. The van der Waals surface area contributed by atoms with Crippen LogP contribution >= 0.6 is 0 Å². The third-order valence-corrected chi connectivity index (χ3v) is 5.83. The van der Waals surface area contributed by atoms with Crippen LogP contribution in [-0.2, 0) is 9.53 Å². The average Bonchev–Trinajstić information content (AvgIpc) is 3.24. The van der Waals surface area contributed by atoms with Crippen LogP contribution in [0.4, 0.5) is 27.5 Å². The van der Waals surface area contributed by atoms with Crippen molar-refractivity contribution in [3.8, 4) is 0 Å². The van der Waals surface area contributed by atoms with E-state index in [0.29, 0.717) is 17.8 Å². The fourth-order valence-corrected chi connectivity index (χ4v) is 4.05. The smallest absolute Gasteiger partial charge is 0.332 e. The molecule has 0 saturated carbocycles. The summed E-state index contributed by atoms with van der Waals surface area (Å²) >= 11 is 0. The van der Waals surface area contributed by atoms with E-state index in [1.807, 2.05) is 6.92 Å².